The van der Waals surface area contributed by atoms with Gasteiger partial charge in [0.25, 0.3) is 5.22 Å². The predicted molar refractivity (Wildman–Crippen MR) is 103 cm³/mol. The number of rotatable bonds is 5. The number of benzene rings is 2. The minimum absolute atomic E-state index is 0.0309. The molecule has 0 N–H and O–H groups in total. The maximum Gasteiger partial charge on any atom is 0.277 e. The molecule has 0 saturated heterocycles. The zero-order chi connectivity index (χ0) is 19.0. The summed E-state index contributed by atoms with van der Waals surface area (Å²) in [6.45, 7) is 0. The van der Waals surface area contributed by atoms with Gasteiger partial charge in [0.2, 0.25) is 11.8 Å². The van der Waals surface area contributed by atoms with Crippen molar-refractivity contribution in [2.75, 3.05) is 17.7 Å². The molecule has 27 heavy (non-hydrogen) atoms. The fourth-order valence-corrected chi connectivity index (χ4v) is 3.71. The molecule has 6 nitrogen and oxygen atoms in total. The average molecular weight is 400 g/mol. The van der Waals surface area contributed by atoms with Crippen LogP contribution in [-0.4, -0.2) is 34.7 Å². The molecule has 0 aliphatic carbocycles. The van der Waals surface area contributed by atoms with Crippen LogP contribution < -0.4 is 4.90 Å². The molecule has 1 aliphatic heterocycles. The van der Waals surface area contributed by atoms with Crippen molar-refractivity contribution in [1.29, 1.82) is 0 Å². The zero-order valence-corrected chi connectivity index (χ0v) is 15.9. The summed E-state index contributed by atoms with van der Waals surface area (Å²) < 4.78 is 5.59. The van der Waals surface area contributed by atoms with Crippen molar-refractivity contribution < 1.29 is 14.0 Å². The van der Waals surface area contributed by atoms with Crippen molar-refractivity contribution in [2.24, 2.45) is 0 Å². The van der Waals surface area contributed by atoms with Crippen molar-refractivity contribution in [3.8, 4) is 11.5 Å². The lowest BCUT2D eigenvalue weighted by Crippen LogP contribution is -2.20. The Morgan fingerprint density at radius 3 is 2.93 bits per heavy atom. The van der Waals surface area contributed by atoms with Gasteiger partial charge in [-0.25, -0.2) is 0 Å². The highest BCUT2D eigenvalue weighted by molar-refractivity contribution is 7.99. The van der Waals surface area contributed by atoms with Crippen molar-refractivity contribution >= 4 is 40.7 Å². The van der Waals surface area contributed by atoms with Crippen LogP contribution in [0.5, 0.6) is 0 Å². The Balaban J connectivity index is 1.43. The maximum atomic E-state index is 12.5. The van der Waals surface area contributed by atoms with Crippen LogP contribution >= 0.6 is 23.4 Å². The Hall–Kier alpha value is -2.64. The first kappa shape index (κ1) is 17.8. The average Bonchev–Trinajstić information content (AvgIpc) is 3.24. The second kappa shape index (κ2) is 7.17. The molecule has 0 bridgehead atoms. The lowest BCUT2D eigenvalue weighted by atomic mass is 10.1. The molecule has 1 aromatic heterocycles. The molecular weight excluding hydrogens is 386 g/mol. The van der Waals surface area contributed by atoms with Gasteiger partial charge in [-0.1, -0.05) is 29.4 Å². The highest BCUT2D eigenvalue weighted by Gasteiger charge is 2.24. The third-order valence-electron chi connectivity index (χ3n) is 4.28. The first-order valence-corrected chi connectivity index (χ1v) is 9.52. The molecular formula is C19H14ClN3O3S. The Morgan fingerprint density at radius 1 is 1.26 bits per heavy atom. The minimum atomic E-state index is -0.0627. The van der Waals surface area contributed by atoms with Crippen molar-refractivity contribution in [3.63, 3.8) is 0 Å². The number of carbonyl (C=O) groups excluding carboxylic acids is 2. The van der Waals surface area contributed by atoms with Gasteiger partial charge in [0.05, 0.1) is 12.2 Å². The highest BCUT2D eigenvalue weighted by atomic mass is 35.5. The molecule has 0 radical (unpaired) electrons. The maximum absolute atomic E-state index is 12.5. The number of aromatic nitrogens is 2. The van der Waals surface area contributed by atoms with Crippen LogP contribution in [-0.2, 0) is 11.2 Å². The number of fused-ring (bicyclic) bond motifs is 1. The van der Waals surface area contributed by atoms with E-state index in [9.17, 15) is 9.59 Å². The second-order valence-corrected chi connectivity index (χ2v) is 7.43. The van der Waals surface area contributed by atoms with Gasteiger partial charge in [-0.2, -0.15) is 0 Å². The molecule has 1 amide bonds. The molecule has 0 atom stereocenters. The minimum Gasteiger partial charge on any atom is -0.411 e. The highest BCUT2D eigenvalue weighted by Crippen LogP contribution is 2.29. The van der Waals surface area contributed by atoms with E-state index in [2.05, 4.69) is 10.2 Å². The van der Waals surface area contributed by atoms with Crippen molar-refractivity contribution in [1.82, 2.24) is 10.2 Å². The number of nitrogens with zero attached hydrogens (tertiary/aromatic N) is 3. The molecule has 0 unspecified atom stereocenters. The molecule has 3 aromatic rings. The Kier molecular flexibility index (Phi) is 4.72. The smallest absolute Gasteiger partial charge is 0.277 e. The van der Waals surface area contributed by atoms with Crippen LogP contribution in [0, 0.1) is 0 Å². The summed E-state index contributed by atoms with van der Waals surface area (Å²) in [7, 11) is 1.73. The molecule has 8 heteroatoms. The van der Waals surface area contributed by atoms with Crippen molar-refractivity contribution in [3.05, 3.63) is 58.6 Å². The van der Waals surface area contributed by atoms with E-state index >= 15 is 0 Å². The van der Waals surface area contributed by atoms with E-state index in [1.807, 2.05) is 12.1 Å². The molecule has 1 aliphatic rings. The van der Waals surface area contributed by atoms with Gasteiger partial charge in [0.1, 0.15) is 0 Å². The van der Waals surface area contributed by atoms with Crippen LogP contribution in [0.3, 0.4) is 0 Å². The first-order valence-electron chi connectivity index (χ1n) is 8.16. The number of ketones is 1. The quantitative estimate of drug-likeness (QED) is 0.478. The lowest BCUT2D eigenvalue weighted by Gasteiger charge is -2.10. The summed E-state index contributed by atoms with van der Waals surface area (Å²) in [5.74, 6) is 0.488. The van der Waals surface area contributed by atoms with Gasteiger partial charge in [-0.3, -0.25) is 9.59 Å². The third kappa shape index (κ3) is 3.61. The van der Waals surface area contributed by atoms with E-state index in [-0.39, 0.29) is 17.4 Å². The van der Waals surface area contributed by atoms with Gasteiger partial charge in [-0.15, -0.1) is 10.2 Å². The fraction of sp³-hybridized carbons (Fsp3) is 0.158. The summed E-state index contributed by atoms with van der Waals surface area (Å²) in [5, 5.41) is 8.85. The van der Waals surface area contributed by atoms with E-state index in [4.69, 9.17) is 16.0 Å². The summed E-state index contributed by atoms with van der Waals surface area (Å²) in [6.07, 6.45) is 0.326. The number of carbonyl (C=O) groups is 2. The summed E-state index contributed by atoms with van der Waals surface area (Å²) in [5.41, 5.74) is 3.02. The molecule has 2 aromatic carbocycles. The SMILES string of the molecule is CN1C(=O)Cc2cc(C(=O)CSc3nnc(-c4cccc(Cl)c4)o3)ccc21. The Morgan fingerprint density at radius 2 is 2.11 bits per heavy atom. The molecule has 2 heterocycles. The van der Waals surface area contributed by atoms with Crippen LogP contribution in [0.4, 0.5) is 5.69 Å². The monoisotopic (exact) mass is 399 g/mol. The van der Waals surface area contributed by atoms with Crippen LogP contribution in [0.2, 0.25) is 5.02 Å². The van der Waals surface area contributed by atoms with Crippen LogP contribution in [0.25, 0.3) is 11.5 Å². The number of halogens is 1. The zero-order valence-electron chi connectivity index (χ0n) is 14.3. The molecule has 0 saturated carbocycles. The van der Waals surface area contributed by atoms with E-state index in [0.717, 1.165) is 16.8 Å². The lowest BCUT2D eigenvalue weighted by molar-refractivity contribution is -0.117. The van der Waals surface area contributed by atoms with E-state index in [1.165, 1.54) is 11.8 Å². The summed E-state index contributed by atoms with van der Waals surface area (Å²) in [4.78, 5) is 25.8. The largest absolute Gasteiger partial charge is 0.411 e. The van der Waals surface area contributed by atoms with Gasteiger partial charge in [0, 0.05) is 28.9 Å². The molecule has 136 valence electrons. The normalized spacial score (nSPS) is 13.1. The summed E-state index contributed by atoms with van der Waals surface area (Å²) >= 11 is 7.14. The number of Topliss-reactive ketones (excluding diaryl/α,β-unsaturated/α-hetero) is 1. The van der Waals surface area contributed by atoms with Crippen molar-refractivity contribution in [2.45, 2.75) is 11.6 Å². The second-order valence-electron chi connectivity index (χ2n) is 6.07. The van der Waals surface area contributed by atoms with E-state index in [1.54, 1.807) is 42.3 Å². The first-order chi connectivity index (χ1) is 13.0. The molecule has 4 rings (SSSR count). The Labute approximate surface area is 164 Å². The van der Waals surface area contributed by atoms with Crippen LogP contribution in [0.15, 0.2) is 52.1 Å². The Bertz CT molecular complexity index is 1050. The molecule has 0 fully saturated rings. The summed E-state index contributed by atoms with van der Waals surface area (Å²) in [6, 6.07) is 12.4. The fourth-order valence-electron chi connectivity index (χ4n) is 2.86. The number of hydrogen-bond acceptors (Lipinski definition) is 6. The number of anilines is 1. The van der Waals surface area contributed by atoms with Crippen LogP contribution in [0.1, 0.15) is 15.9 Å². The van der Waals surface area contributed by atoms with Gasteiger partial charge in [-0.05, 0) is 42.0 Å². The number of likely N-dealkylation sites (N-methyl/N-ethyl adjacent to an activating group) is 1. The number of amides is 1. The third-order valence-corrected chi connectivity index (χ3v) is 5.34. The topological polar surface area (TPSA) is 76.3 Å². The van der Waals surface area contributed by atoms with Gasteiger partial charge in [0.15, 0.2) is 5.78 Å². The van der Waals surface area contributed by atoms with Gasteiger partial charge < -0.3 is 9.32 Å². The molecule has 0 spiro atoms. The predicted octanol–water partition coefficient (Wildman–Crippen LogP) is 3.88. The van der Waals surface area contributed by atoms with E-state index in [0.29, 0.717) is 28.1 Å². The van der Waals surface area contributed by atoms with Gasteiger partial charge >= 0.3 is 0 Å². The standard InChI is InChI=1S/C19H14ClN3O3S/c1-23-15-6-5-11(7-13(15)9-17(23)25)16(24)10-27-19-22-21-18(26-19)12-3-2-4-14(20)8-12/h2-8H,9-10H2,1H3. The van der Waals surface area contributed by atoms with E-state index < -0.39 is 0 Å². The number of thioether (sulfide) groups is 1. The number of hydrogen-bond donors (Lipinski definition) is 0.